The SMILES string of the molecule is CCn1c(C)c(-c2ccc(F)c(Cl)c2)c(=O)c(C(=O)O)c1-c1ccc(Cl)c(Cl)c1. The number of pyridine rings is 1. The number of carboxylic acids is 1. The highest BCUT2D eigenvalue weighted by molar-refractivity contribution is 6.42. The standard InChI is InChI=1S/C21H15Cl3FNO3/c1-3-26-10(2)17(11-5-7-16(25)15(24)8-11)20(27)18(21(28)29)19(26)12-4-6-13(22)14(23)9-12/h4-9H,3H2,1-2H3,(H,28,29). The lowest BCUT2D eigenvalue weighted by molar-refractivity contribution is 0.0695. The zero-order valence-corrected chi connectivity index (χ0v) is 17.7. The molecular formula is C21H15Cl3FNO3. The summed E-state index contributed by atoms with van der Waals surface area (Å²) in [5, 5.41) is 10.2. The Morgan fingerprint density at radius 3 is 2.21 bits per heavy atom. The lowest BCUT2D eigenvalue weighted by Gasteiger charge is -2.21. The Balaban J connectivity index is 2.45. The minimum atomic E-state index is -1.38. The van der Waals surface area contributed by atoms with Crippen molar-refractivity contribution in [2.24, 2.45) is 0 Å². The van der Waals surface area contributed by atoms with Crippen molar-refractivity contribution in [2.45, 2.75) is 20.4 Å². The predicted molar refractivity (Wildman–Crippen MR) is 114 cm³/mol. The van der Waals surface area contributed by atoms with E-state index in [4.69, 9.17) is 34.8 Å². The number of aromatic nitrogens is 1. The molecule has 0 fully saturated rings. The van der Waals surface area contributed by atoms with Gasteiger partial charge < -0.3 is 9.67 Å². The maximum Gasteiger partial charge on any atom is 0.341 e. The molecule has 4 nitrogen and oxygen atoms in total. The summed E-state index contributed by atoms with van der Waals surface area (Å²) < 4.78 is 15.3. The molecule has 0 aliphatic carbocycles. The quantitative estimate of drug-likeness (QED) is 0.502. The lowest BCUT2D eigenvalue weighted by atomic mass is 9.96. The molecule has 1 N–H and O–H groups in total. The molecule has 0 unspecified atom stereocenters. The minimum absolute atomic E-state index is 0.148. The molecule has 0 aliphatic heterocycles. The molecule has 1 aromatic heterocycles. The van der Waals surface area contributed by atoms with E-state index >= 15 is 0 Å². The smallest absolute Gasteiger partial charge is 0.341 e. The Morgan fingerprint density at radius 1 is 1.03 bits per heavy atom. The third kappa shape index (κ3) is 3.78. The van der Waals surface area contributed by atoms with E-state index in [1.165, 1.54) is 24.3 Å². The molecule has 150 valence electrons. The zero-order chi connectivity index (χ0) is 21.5. The van der Waals surface area contributed by atoms with E-state index in [1.54, 1.807) is 17.6 Å². The number of hydrogen-bond donors (Lipinski definition) is 1. The molecule has 0 radical (unpaired) electrons. The second-order valence-corrected chi connectivity index (χ2v) is 7.54. The normalized spacial score (nSPS) is 11.0. The van der Waals surface area contributed by atoms with Gasteiger partial charge in [0, 0.05) is 23.4 Å². The van der Waals surface area contributed by atoms with Crippen LogP contribution in [-0.2, 0) is 6.54 Å². The average Bonchev–Trinajstić information content (AvgIpc) is 2.66. The van der Waals surface area contributed by atoms with Crippen LogP contribution in [0.25, 0.3) is 22.4 Å². The van der Waals surface area contributed by atoms with Gasteiger partial charge in [-0.3, -0.25) is 4.79 Å². The van der Waals surface area contributed by atoms with Crippen LogP contribution in [0, 0.1) is 12.7 Å². The summed E-state index contributed by atoms with van der Waals surface area (Å²) in [7, 11) is 0. The molecule has 0 atom stereocenters. The molecule has 0 bridgehead atoms. The van der Waals surface area contributed by atoms with Crippen molar-refractivity contribution in [1.29, 1.82) is 0 Å². The minimum Gasteiger partial charge on any atom is -0.477 e. The van der Waals surface area contributed by atoms with Crippen molar-refractivity contribution in [1.82, 2.24) is 4.57 Å². The van der Waals surface area contributed by atoms with Gasteiger partial charge in [0.2, 0.25) is 5.43 Å². The van der Waals surface area contributed by atoms with Gasteiger partial charge in [0.15, 0.2) is 0 Å². The summed E-state index contributed by atoms with van der Waals surface area (Å²) in [5.74, 6) is -2.01. The number of aromatic carboxylic acids is 1. The monoisotopic (exact) mass is 453 g/mol. The van der Waals surface area contributed by atoms with E-state index in [9.17, 15) is 19.1 Å². The van der Waals surface area contributed by atoms with Gasteiger partial charge in [0.25, 0.3) is 0 Å². The topological polar surface area (TPSA) is 59.3 Å². The maximum absolute atomic E-state index is 13.6. The van der Waals surface area contributed by atoms with Crippen LogP contribution in [0.1, 0.15) is 23.0 Å². The Bertz CT molecular complexity index is 1200. The van der Waals surface area contributed by atoms with Gasteiger partial charge in [-0.15, -0.1) is 0 Å². The van der Waals surface area contributed by atoms with E-state index in [0.29, 0.717) is 28.4 Å². The number of carbonyl (C=O) groups is 1. The summed E-state index contributed by atoms with van der Waals surface area (Å²) >= 11 is 18.0. The first-order chi connectivity index (χ1) is 13.7. The number of halogens is 4. The second-order valence-electron chi connectivity index (χ2n) is 6.32. The summed E-state index contributed by atoms with van der Waals surface area (Å²) in [5.41, 5.74) is 0.570. The van der Waals surface area contributed by atoms with Crippen molar-refractivity contribution in [3.05, 3.63) is 78.8 Å². The van der Waals surface area contributed by atoms with Crippen molar-refractivity contribution in [3.8, 4) is 22.4 Å². The van der Waals surface area contributed by atoms with Crippen LogP contribution in [0.5, 0.6) is 0 Å². The van der Waals surface area contributed by atoms with Crippen LogP contribution in [0.4, 0.5) is 4.39 Å². The van der Waals surface area contributed by atoms with E-state index in [1.807, 2.05) is 6.92 Å². The van der Waals surface area contributed by atoms with Gasteiger partial charge in [0.05, 0.1) is 20.8 Å². The third-order valence-corrected chi connectivity index (χ3v) is 5.69. The molecule has 2 aromatic carbocycles. The number of hydrogen-bond acceptors (Lipinski definition) is 2. The number of benzene rings is 2. The molecule has 3 rings (SSSR count). The van der Waals surface area contributed by atoms with Crippen molar-refractivity contribution < 1.29 is 14.3 Å². The number of carboxylic acid groups (broad SMARTS) is 1. The zero-order valence-electron chi connectivity index (χ0n) is 15.4. The van der Waals surface area contributed by atoms with Gasteiger partial charge in [-0.2, -0.15) is 0 Å². The lowest BCUT2D eigenvalue weighted by Crippen LogP contribution is -2.25. The molecule has 8 heteroatoms. The summed E-state index contributed by atoms with van der Waals surface area (Å²) in [6, 6.07) is 8.51. The second kappa shape index (κ2) is 8.19. The van der Waals surface area contributed by atoms with Crippen molar-refractivity contribution in [3.63, 3.8) is 0 Å². The first-order valence-electron chi connectivity index (χ1n) is 8.58. The van der Waals surface area contributed by atoms with Crippen LogP contribution < -0.4 is 5.43 Å². The number of nitrogens with zero attached hydrogens (tertiary/aromatic N) is 1. The highest BCUT2D eigenvalue weighted by Crippen LogP contribution is 2.33. The fourth-order valence-corrected chi connectivity index (χ4v) is 3.84. The van der Waals surface area contributed by atoms with Crippen LogP contribution in [0.2, 0.25) is 15.1 Å². The Hall–Kier alpha value is -2.34. The molecule has 0 saturated carbocycles. The van der Waals surface area contributed by atoms with Crippen LogP contribution in [0.15, 0.2) is 41.2 Å². The first-order valence-corrected chi connectivity index (χ1v) is 9.72. The first kappa shape index (κ1) is 21.4. The average molecular weight is 455 g/mol. The van der Waals surface area contributed by atoms with Crippen molar-refractivity contribution in [2.75, 3.05) is 0 Å². The highest BCUT2D eigenvalue weighted by Gasteiger charge is 2.26. The predicted octanol–water partition coefficient (Wildman–Crippen LogP) is 6.31. The summed E-state index contributed by atoms with van der Waals surface area (Å²) in [6.07, 6.45) is 0. The van der Waals surface area contributed by atoms with Gasteiger partial charge in [0.1, 0.15) is 11.4 Å². The Labute approximate surface area is 181 Å². The summed E-state index contributed by atoms with van der Waals surface area (Å²) in [4.78, 5) is 25.3. The molecule has 0 saturated heterocycles. The molecule has 0 spiro atoms. The van der Waals surface area contributed by atoms with Gasteiger partial charge in [-0.25, -0.2) is 9.18 Å². The largest absolute Gasteiger partial charge is 0.477 e. The van der Waals surface area contributed by atoms with E-state index in [2.05, 4.69) is 0 Å². The van der Waals surface area contributed by atoms with Crippen LogP contribution in [-0.4, -0.2) is 15.6 Å². The Kier molecular flexibility index (Phi) is 6.03. The molecular weight excluding hydrogens is 440 g/mol. The fourth-order valence-electron chi connectivity index (χ4n) is 3.36. The van der Waals surface area contributed by atoms with Gasteiger partial charge in [-0.05, 0) is 43.7 Å². The van der Waals surface area contributed by atoms with E-state index in [0.717, 1.165) is 6.07 Å². The van der Waals surface area contributed by atoms with Gasteiger partial charge in [-0.1, -0.05) is 46.9 Å². The summed E-state index contributed by atoms with van der Waals surface area (Å²) in [6.45, 7) is 3.90. The molecule has 0 amide bonds. The van der Waals surface area contributed by atoms with E-state index in [-0.39, 0.29) is 21.3 Å². The van der Waals surface area contributed by atoms with Crippen LogP contribution >= 0.6 is 34.8 Å². The maximum atomic E-state index is 13.6. The number of rotatable bonds is 4. The molecule has 1 heterocycles. The van der Waals surface area contributed by atoms with E-state index < -0.39 is 22.8 Å². The molecule has 29 heavy (non-hydrogen) atoms. The fraction of sp³-hybridized carbons (Fsp3) is 0.143. The highest BCUT2D eigenvalue weighted by atomic mass is 35.5. The third-order valence-electron chi connectivity index (χ3n) is 4.66. The van der Waals surface area contributed by atoms with Crippen LogP contribution in [0.3, 0.4) is 0 Å². The molecule has 0 aliphatic rings. The van der Waals surface area contributed by atoms with Gasteiger partial charge >= 0.3 is 5.97 Å². The van der Waals surface area contributed by atoms with Crippen molar-refractivity contribution >= 4 is 40.8 Å². The Morgan fingerprint density at radius 2 is 1.66 bits per heavy atom. The molecule has 3 aromatic rings.